The van der Waals surface area contributed by atoms with Gasteiger partial charge in [-0.3, -0.25) is 14.6 Å². The van der Waals surface area contributed by atoms with E-state index in [-0.39, 0.29) is 11.8 Å². The van der Waals surface area contributed by atoms with Crippen LogP contribution in [0.3, 0.4) is 0 Å². The van der Waals surface area contributed by atoms with Crippen LogP contribution < -0.4 is 5.32 Å². The zero-order valence-corrected chi connectivity index (χ0v) is 16.5. The predicted octanol–water partition coefficient (Wildman–Crippen LogP) is 2.52. The highest BCUT2D eigenvalue weighted by Gasteiger charge is 2.23. The number of aromatic amines is 1. The zero-order chi connectivity index (χ0) is 20.2. The van der Waals surface area contributed by atoms with Crippen LogP contribution in [0, 0.1) is 0 Å². The van der Waals surface area contributed by atoms with Crippen molar-refractivity contribution in [2.24, 2.45) is 0 Å². The minimum absolute atomic E-state index is 0.0408. The van der Waals surface area contributed by atoms with Crippen LogP contribution >= 0.6 is 0 Å². The molecular weight excluding hydrogens is 366 g/mol. The van der Waals surface area contributed by atoms with Crippen LogP contribution in [0.5, 0.6) is 0 Å². The molecule has 0 aliphatic carbocycles. The van der Waals surface area contributed by atoms with E-state index in [0.29, 0.717) is 31.7 Å². The largest absolute Gasteiger partial charge is 0.383 e. The molecule has 0 spiro atoms. The highest BCUT2D eigenvalue weighted by atomic mass is 16.2. The van der Waals surface area contributed by atoms with Gasteiger partial charge in [-0.25, -0.2) is 0 Å². The molecule has 0 radical (unpaired) electrons. The second-order valence-electron chi connectivity index (χ2n) is 7.30. The number of piperazine rings is 1. The highest BCUT2D eigenvalue weighted by molar-refractivity contribution is 5.95. The van der Waals surface area contributed by atoms with E-state index < -0.39 is 0 Å². The quantitative estimate of drug-likeness (QED) is 0.700. The van der Waals surface area contributed by atoms with Gasteiger partial charge in [0.1, 0.15) is 0 Å². The maximum absolute atomic E-state index is 12.8. The van der Waals surface area contributed by atoms with Crippen LogP contribution in [-0.4, -0.2) is 64.3 Å². The summed E-state index contributed by atoms with van der Waals surface area (Å²) in [7, 11) is 0. The molecule has 1 aromatic carbocycles. The van der Waals surface area contributed by atoms with Crippen LogP contribution in [0.2, 0.25) is 0 Å². The van der Waals surface area contributed by atoms with Gasteiger partial charge in [0, 0.05) is 69.1 Å². The van der Waals surface area contributed by atoms with E-state index in [2.05, 4.69) is 27.4 Å². The van der Waals surface area contributed by atoms with Gasteiger partial charge in [0.05, 0.1) is 11.3 Å². The number of carbonyl (C=O) groups is 2. The van der Waals surface area contributed by atoms with Gasteiger partial charge in [-0.2, -0.15) is 0 Å². The monoisotopic (exact) mass is 391 g/mol. The molecule has 2 aromatic heterocycles. The first-order chi connectivity index (χ1) is 14.1. The number of hydrogen-bond donors (Lipinski definition) is 2. The molecule has 3 aromatic rings. The van der Waals surface area contributed by atoms with E-state index >= 15 is 0 Å². The fourth-order valence-corrected chi connectivity index (χ4v) is 3.74. The van der Waals surface area contributed by atoms with Gasteiger partial charge >= 0.3 is 0 Å². The molecule has 0 unspecified atom stereocenters. The number of benzene rings is 1. The van der Waals surface area contributed by atoms with Crippen molar-refractivity contribution in [1.29, 1.82) is 0 Å². The lowest BCUT2D eigenvalue weighted by atomic mass is 10.1. The Morgan fingerprint density at radius 3 is 2.66 bits per heavy atom. The molecule has 7 heteroatoms. The summed E-state index contributed by atoms with van der Waals surface area (Å²) in [6.07, 6.45) is 6.25. The highest BCUT2D eigenvalue weighted by Crippen LogP contribution is 2.18. The smallest absolute Gasteiger partial charge is 0.255 e. The first-order valence-electron chi connectivity index (χ1n) is 9.90. The van der Waals surface area contributed by atoms with Gasteiger partial charge in [-0.15, -0.1) is 0 Å². The molecule has 0 bridgehead atoms. The molecule has 150 valence electrons. The molecule has 7 nitrogen and oxygen atoms in total. The number of carbonyl (C=O) groups excluding carboxylic acids is 2. The molecule has 2 N–H and O–H groups in total. The van der Waals surface area contributed by atoms with Gasteiger partial charge in [0.25, 0.3) is 5.91 Å². The molecule has 1 saturated heterocycles. The SMILES string of the molecule is CC(=O)N1CCN(C(=O)c2cncc(NCCc3c[nH]c4ccccc34)c2)CC1. The number of pyridine rings is 1. The zero-order valence-electron chi connectivity index (χ0n) is 16.5. The maximum atomic E-state index is 12.8. The number of amides is 2. The number of nitrogens with zero attached hydrogens (tertiary/aromatic N) is 3. The fraction of sp³-hybridized carbons (Fsp3) is 0.318. The number of fused-ring (bicyclic) bond motifs is 1. The summed E-state index contributed by atoms with van der Waals surface area (Å²) in [5, 5.41) is 4.60. The minimum Gasteiger partial charge on any atom is -0.383 e. The van der Waals surface area contributed by atoms with Gasteiger partial charge in [-0.1, -0.05) is 18.2 Å². The third-order valence-electron chi connectivity index (χ3n) is 5.40. The van der Waals surface area contributed by atoms with Gasteiger partial charge in [0.2, 0.25) is 5.91 Å². The lowest BCUT2D eigenvalue weighted by Crippen LogP contribution is -2.50. The molecule has 29 heavy (non-hydrogen) atoms. The summed E-state index contributed by atoms with van der Waals surface area (Å²) >= 11 is 0. The summed E-state index contributed by atoms with van der Waals surface area (Å²) in [4.78, 5) is 35.3. The van der Waals surface area contributed by atoms with E-state index in [1.807, 2.05) is 24.4 Å². The summed E-state index contributed by atoms with van der Waals surface area (Å²) < 4.78 is 0. The molecule has 0 saturated carbocycles. The molecule has 3 heterocycles. The van der Waals surface area contributed by atoms with E-state index in [1.165, 1.54) is 10.9 Å². The molecule has 1 aliphatic rings. The van der Waals surface area contributed by atoms with Crippen molar-refractivity contribution in [3.8, 4) is 0 Å². The van der Waals surface area contributed by atoms with Crippen molar-refractivity contribution in [3.63, 3.8) is 0 Å². The third kappa shape index (κ3) is 4.23. The fourth-order valence-electron chi connectivity index (χ4n) is 3.74. The van der Waals surface area contributed by atoms with Crippen molar-refractivity contribution in [2.75, 3.05) is 38.0 Å². The Labute approximate surface area is 169 Å². The lowest BCUT2D eigenvalue weighted by molar-refractivity contribution is -0.130. The Balaban J connectivity index is 1.35. The van der Waals surface area contributed by atoms with Crippen LogP contribution in [0.1, 0.15) is 22.8 Å². The van der Waals surface area contributed by atoms with Crippen molar-refractivity contribution >= 4 is 28.4 Å². The van der Waals surface area contributed by atoms with Crippen LogP contribution in [0.15, 0.2) is 48.9 Å². The van der Waals surface area contributed by atoms with Crippen LogP contribution in [-0.2, 0) is 11.2 Å². The van der Waals surface area contributed by atoms with Crippen molar-refractivity contribution in [1.82, 2.24) is 19.8 Å². The summed E-state index contributed by atoms with van der Waals surface area (Å²) in [5.41, 5.74) is 3.80. The van der Waals surface area contributed by atoms with Gasteiger partial charge in [-0.05, 0) is 24.1 Å². The first kappa shape index (κ1) is 19.0. The Morgan fingerprint density at radius 1 is 1.10 bits per heavy atom. The summed E-state index contributed by atoms with van der Waals surface area (Å²) in [6, 6.07) is 10.1. The number of para-hydroxylation sites is 1. The number of aromatic nitrogens is 2. The molecule has 0 atom stereocenters. The number of anilines is 1. The maximum Gasteiger partial charge on any atom is 0.255 e. The molecule has 4 rings (SSSR count). The number of rotatable bonds is 5. The average molecular weight is 391 g/mol. The molecular formula is C22H25N5O2. The van der Waals surface area contributed by atoms with E-state index in [9.17, 15) is 9.59 Å². The topological polar surface area (TPSA) is 81.3 Å². The standard InChI is InChI=1S/C22H25N5O2/c1-16(28)26-8-10-27(11-9-26)22(29)18-12-19(15-23-13-18)24-7-6-17-14-25-21-5-3-2-4-20(17)21/h2-5,12-15,24-25H,6-11H2,1H3. The first-order valence-corrected chi connectivity index (χ1v) is 9.90. The molecule has 1 aliphatic heterocycles. The molecule has 2 amide bonds. The van der Waals surface area contributed by atoms with Crippen LogP contribution in [0.25, 0.3) is 10.9 Å². The Morgan fingerprint density at radius 2 is 1.86 bits per heavy atom. The van der Waals surface area contributed by atoms with Gasteiger partial charge < -0.3 is 20.1 Å². The number of nitrogens with one attached hydrogen (secondary N) is 2. The van der Waals surface area contributed by atoms with E-state index in [4.69, 9.17) is 0 Å². The second kappa shape index (κ2) is 8.34. The van der Waals surface area contributed by atoms with Gasteiger partial charge in [0.15, 0.2) is 0 Å². The minimum atomic E-state index is -0.0408. The Hall–Kier alpha value is -3.35. The average Bonchev–Trinajstić information content (AvgIpc) is 3.17. The Bertz CT molecular complexity index is 1020. The normalized spacial score (nSPS) is 14.2. The second-order valence-corrected chi connectivity index (χ2v) is 7.30. The summed E-state index contributed by atoms with van der Waals surface area (Å²) in [6.45, 7) is 4.58. The lowest BCUT2D eigenvalue weighted by Gasteiger charge is -2.34. The van der Waals surface area contributed by atoms with Crippen molar-refractivity contribution < 1.29 is 9.59 Å². The number of H-pyrrole nitrogens is 1. The Kier molecular flexibility index (Phi) is 5.46. The van der Waals surface area contributed by atoms with E-state index in [1.54, 1.807) is 29.1 Å². The van der Waals surface area contributed by atoms with E-state index in [0.717, 1.165) is 24.2 Å². The predicted molar refractivity (Wildman–Crippen MR) is 113 cm³/mol. The van der Waals surface area contributed by atoms with Crippen molar-refractivity contribution in [2.45, 2.75) is 13.3 Å². The number of hydrogen-bond acceptors (Lipinski definition) is 4. The molecule has 1 fully saturated rings. The van der Waals surface area contributed by atoms with Crippen LogP contribution in [0.4, 0.5) is 5.69 Å². The summed E-state index contributed by atoms with van der Waals surface area (Å²) in [5.74, 6) is 0.0149. The van der Waals surface area contributed by atoms with Crippen molar-refractivity contribution in [3.05, 3.63) is 60.0 Å². The third-order valence-corrected chi connectivity index (χ3v) is 5.40.